The smallest absolute Gasteiger partial charge is 0.0575 e. The highest BCUT2D eigenvalue weighted by atomic mass is 16.3. The van der Waals surface area contributed by atoms with Crippen molar-refractivity contribution in [1.82, 2.24) is 0 Å². The quantitative estimate of drug-likeness (QED) is 0.729. The molecule has 0 radical (unpaired) electrons. The zero-order chi connectivity index (χ0) is 10.8. The van der Waals surface area contributed by atoms with Crippen LogP contribution in [-0.4, -0.2) is 11.2 Å². The lowest BCUT2D eigenvalue weighted by atomic mass is 9.73. The highest BCUT2D eigenvalue weighted by Gasteiger charge is 2.26. The van der Waals surface area contributed by atoms with E-state index in [2.05, 4.69) is 32.9 Å². The van der Waals surface area contributed by atoms with Crippen LogP contribution in [0.1, 0.15) is 47.0 Å². The van der Waals surface area contributed by atoms with Gasteiger partial charge in [-0.1, -0.05) is 44.1 Å². The number of allylic oxidation sites excluding steroid dienone is 3. The third kappa shape index (κ3) is 2.48. The minimum absolute atomic E-state index is 0.175. The Morgan fingerprint density at radius 3 is 2.64 bits per heavy atom. The summed E-state index contributed by atoms with van der Waals surface area (Å²) in [6.07, 6.45) is 7.01. The first-order valence-electron chi connectivity index (χ1n) is 5.52. The molecule has 0 aromatic heterocycles. The van der Waals surface area contributed by atoms with Gasteiger partial charge in [-0.3, -0.25) is 0 Å². The van der Waals surface area contributed by atoms with Gasteiger partial charge in [-0.15, -0.1) is 0 Å². The second-order valence-electron chi connectivity index (χ2n) is 4.92. The Kier molecular flexibility index (Phi) is 3.54. The summed E-state index contributed by atoms with van der Waals surface area (Å²) in [4.78, 5) is 0. The van der Waals surface area contributed by atoms with Gasteiger partial charge in [0, 0.05) is 0 Å². The highest BCUT2D eigenvalue weighted by molar-refractivity contribution is 5.33. The summed E-state index contributed by atoms with van der Waals surface area (Å²) in [6.45, 7) is 8.71. The summed E-state index contributed by atoms with van der Waals surface area (Å²) < 4.78 is 0. The third-order valence-electron chi connectivity index (χ3n) is 3.20. The van der Waals surface area contributed by atoms with Crippen molar-refractivity contribution in [2.24, 2.45) is 5.41 Å². The summed E-state index contributed by atoms with van der Waals surface area (Å²) >= 11 is 0. The standard InChI is InChI=1S/C13H22O/c1-5-11(14)9-12-10(2)7-6-8-13(12,3)4/h6-7,11,14H,5,8-9H2,1-4H3. The summed E-state index contributed by atoms with van der Waals surface area (Å²) in [5, 5.41) is 9.70. The Morgan fingerprint density at radius 1 is 1.50 bits per heavy atom. The minimum Gasteiger partial charge on any atom is -0.393 e. The molecule has 14 heavy (non-hydrogen) atoms. The van der Waals surface area contributed by atoms with E-state index in [1.54, 1.807) is 0 Å². The van der Waals surface area contributed by atoms with Crippen molar-refractivity contribution in [2.75, 3.05) is 0 Å². The molecule has 0 bridgehead atoms. The maximum absolute atomic E-state index is 9.70. The van der Waals surface area contributed by atoms with Gasteiger partial charge >= 0.3 is 0 Å². The van der Waals surface area contributed by atoms with Gasteiger partial charge in [0.15, 0.2) is 0 Å². The Morgan fingerprint density at radius 2 is 2.14 bits per heavy atom. The number of aliphatic hydroxyl groups excluding tert-OH is 1. The molecule has 0 saturated carbocycles. The van der Waals surface area contributed by atoms with Gasteiger partial charge < -0.3 is 5.11 Å². The van der Waals surface area contributed by atoms with Crippen molar-refractivity contribution in [3.63, 3.8) is 0 Å². The van der Waals surface area contributed by atoms with Crippen molar-refractivity contribution in [3.8, 4) is 0 Å². The molecule has 0 amide bonds. The maximum atomic E-state index is 9.70. The second kappa shape index (κ2) is 4.31. The highest BCUT2D eigenvalue weighted by Crippen LogP contribution is 2.39. The SMILES string of the molecule is CCC(O)CC1=C(C)C=CCC1(C)C. The molecule has 1 atom stereocenters. The van der Waals surface area contributed by atoms with Crippen molar-refractivity contribution >= 4 is 0 Å². The summed E-state index contributed by atoms with van der Waals surface area (Å²) in [5.74, 6) is 0. The Hall–Kier alpha value is -0.560. The number of hydrogen-bond acceptors (Lipinski definition) is 1. The Balaban J connectivity index is 2.85. The zero-order valence-electron chi connectivity index (χ0n) is 9.80. The van der Waals surface area contributed by atoms with Gasteiger partial charge in [0.05, 0.1) is 6.10 Å². The first-order valence-corrected chi connectivity index (χ1v) is 5.52. The van der Waals surface area contributed by atoms with E-state index in [0.717, 1.165) is 19.3 Å². The fraction of sp³-hybridized carbons (Fsp3) is 0.692. The van der Waals surface area contributed by atoms with Crippen LogP contribution in [0.5, 0.6) is 0 Å². The Bertz CT molecular complexity index is 258. The molecule has 1 aliphatic carbocycles. The van der Waals surface area contributed by atoms with E-state index < -0.39 is 0 Å². The summed E-state index contributed by atoms with van der Waals surface area (Å²) in [5.41, 5.74) is 3.00. The molecule has 0 heterocycles. The van der Waals surface area contributed by atoms with Crippen molar-refractivity contribution in [1.29, 1.82) is 0 Å². The summed E-state index contributed by atoms with van der Waals surface area (Å²) in [7, 11) is 0. The second-order valence-corrected chi connectivity index (χ2v) is 4.92. The first kappa shape index (κ1) is 11.5. The largest absolute Gasteiger partial charge is 0.393 e. The molecular formula is C13H22O. The molecule has 1 rings (SSSR count). The average Bonchev–Trinajstić information content (AvgIpc) is 2.11. The molecule has 1 unspecified atom stereocenters. The third-order valence-corrected chi connectivity index (χ3v) is 3.20. The number of aliphatic hydroxyl groups is 1. The molecule has 0 aliphatic heterocycles. The van der Waals surface area contributed by atoms with E-state index >= 15 is 0 Å². The first-order chi connectivity index (χ1) is 6.47. The summed E-state index contributed by atoms with van der Waals surface area (Å²) in [6, 6.07) is 0. The molecule has 1 N–H and O–H groups in total. The molecule has 0 aromatic rings. The van der Waals surface area contributed by atoms with E-state index in [9.17, 15) is 5.11 Å². The van der Waals surface area contributed by atoms with Crippen LogP contribution in [0.3, 0.4) is 0 Å². The predicted octanol–water partition coefficient (Wildman–Crippen LogP) is 3.45. The molecule has 0 spiro atoms. The van der Waals surface area contributed by atoms with Crippen LogP contribution >= 0.6 is 0 Å². The zero-order valence-corrected chi connectivity index (χ0v) is 9.80. The van der Waals surface area contributed by atoms with Crippen LogP contribution in [0, 0.1) is 5.41 Å². The van der Waals surface area contributed by atoms with E-state index in [-0.39, 0.29) is 11.5 Å². The van der Waals surface area contributed by atoms with E-state index in [0.29, 0.717) is 0 Å². The minimum atomic E-state index is -0.175. The van der Waals surface area contributed by atoms with Crippen LogP contribution in [-0.2, 0) is 0 Å². The van der Waals surface area contributed by atoms with Crippen molar-refractivity contribution < 1.29 is 5.11 Å². The van der Waals surface area contributed by atoms with Gasteiger partial charge in [0.25, 0.3) is 0 Å². The van der Waals surface area contributed by atoms with Crippen molar-refractivity contribution in [3.05, 3.63) is 23.3 Å². The average molecular weight is 194 g/mol. The van der Waals surface area contributed by atoms with Gasteiger partial charge in [0.2, 0.25) is 0 Å². The molecular weight excluding hydrogens is 172 g/mol. The van der Waals surface area contributed by atoms with E-state index in [1.807, 2.05) is 6.92 Å². The maximum Gasteiger partial charge on any atom is 0.0575 e. The van der Waals surface area contributed by atoms with Crippen LogP contribution in [0.4, 0.5) is 0 Å². The van der Waals surface area contributed by atoms with E-state index in [4.69, 9.17) is 0 Å². The van der Waals surface area contributed by atoms with Gasteiger partial charge in [-0.05, 0) is 31.6 Å². The topological polar surface area (TPSA) is 20.2 Å². The number of rotatable bonds is 3. The number of hydrogen-bond donors (Lipinski definition) is 1. The molecule has 0 saturated heterocycles. The monoisotopic (exact) mass is 194 g/mol. The predicted molar refractivity (Wildman–Crippen MR) is 61.2 cm³/mol. The molecule has 0 aromatic carbocycles. The fourth-order valence-corrected chi connectivity index (χ4v) is 2.11. The Labute approximate surface area is 87.5 Å². The molecule has 1 heteroatoms. The molecule has 80 valence electrons. The van der Waals surface area contributed by atoms with Gasteiger partial charge in [-0.25, -0.2) is 0 Å². The lowest BCUT2D eigenvalue weighted by Crippen LogP contribution is -2.21. The molecule has 1 aliphatic rings. The van der Waals surface area contributed by atoms with Crippen LogP contribution in [0.2, 0.25) is 0 Å². The normalized spacial score (nSPS) is 22.6. The molecule has 0 fully saturated rings. The molecule has 1 nitrogen and oxygen atoms in total. The lowest BCUT2D eigenvalue weighted by molar-refractivity contribution is 0.162. The van der Waals surface area contributed by atoms with Crippen molar-refractivity contribution in [2.45, 2.75) is 53.1 Å². The van der Waals surface area contributed by atoms with Gasteiger partial charge in [0.1, 0.15) is 0 Å². The van der Waals surface area contributed by atoms with Gasteiger partial charge in [-0.2, -0.15) is 0 Å². The lowest BCUT2D eigenvalue weighted by Gasteiger charge is -2.32. The van der Waals surface area contributed by atoms with Crippen LogP contribution in [0.15, 0.2) is 23.3 Å². The van der Waals surface area contributed by atoms with E-state index in [1.165, 1.54) is 11.1 Å². The van der Waals surface area contributed by atoms with Crippen LogP contribution in [0.25, 0.3) is 0 Å². The fourth-order valence-electron chi connectivity index (χ4n) is 2.11. The van der Waals surface area contributed by atoms with Crippen LogP contribution < -0.4 is 0 Å².